The number of rotatable bonds is 2. The molecule has 12 heavy (non-hydrogen) atoms. The third-order valence-corrected chi connectivity index (χ3v) is 2.13. The van der Waals surface area contributed by atoms with Crippen molar-refractivity contribution < 1.29 is 4.57 Å². The zero-order valence-electron chi connectivity index (χ0n) is 7.24. The molecular formula is C10H11OP. The highest BCUT2D eigenvalue weighted by atomic mass is 31.1. The molecular weight excluding hydrogens is 167 g/mol. The molecule has 2 heteroatoms. The minimum atomic E-state index is 0.0614. The van der Waals surface area contributed by atoms with E-state index in [2.05, 4.69) is 26.0 Å². The summed E-state index contributed by atoms with van der Waals surface area (Å²) < 4.78 is 10.1. The van der Waals surface area contributed by atoms with Crippen LogP contribution in [0.4, 0.5) is 0 Å². The summed E-state index contributed by atoms with van der Waals surface area (Å²) >= 11 is 0. The molecule has 0 bridgehead atoms. The van der Waals surface area contributed by atoms with E-state index in [4.69, 9.17) is 0 Å². The molecule has 0 radical (unpaired) electrons. The Morgan fingerprint density at radius 1 is 1.25 bits per heavy atom. The Morgan fingerprint density at radius 2 is 2.00 bits per heavy atom. The van der Waals surface area contributed by atoms with Crippen molar-refractivity contribution in [2.24, 2.45) is 0 Å². The molecule has 0 aromatic heterocycles. The summed E-state index contributed by atoms with van der Waals surface area (Å²) in [5.41, 5.74) is 3.65. The quantitative estimate of drug-likeness (QED) is 0.632. The summed E-state index contributed by atoms with van der Waals surface area (Å²) in [6, 6.07) is 6.16. The summed E-state index contributed by atoms with van der Waals surface area (Å²) in [7, 11) is 0.0614. The zero-order valence-corrected chi connectivity index (χ0v) is 8.14. The lowest BCUT2D eigenvalue weighted by atomic mass is 10.1. The van der Waals surface area contributed by atoms with Gasteiger partial charge in [-0.1, -0.05) is 18.2 Å². The van der Waals surface area contributed by atoms with Crippen LogP contribution in [0.25, 0.3) is 6.08 Å². The molecule has 0 N–H and O–H groups in total. The third kappa shape index (κ3) is 2.28. The first-order valence-electron chi connectivity index (χ1n) is 3.80. The second kappa shape index (κ2) is 4.18. The van der Waals surface area contributed by atoms with Crippen LogP contribution in [0.2, 0.25) is 0 Å². The topological polar surface area (TPSA) is 17.1 Å². The average molecular weight is 178 g/mol. The second-order valence-electron chi connectivity index (χ2n) is 2.76. The first-order chi connectivity index (χ1) is 5.74. The predicted molar refractivity (Wildman–Crippen MR) is 52.6 cm³/mol. The second-order valence-corrected chi connectivity index (χ2v) is 3.27. The van der Waals surface area contributed by atoms with Gasteiger partial charge in [-0.3, -0.25) is 4.57 Å². The first kappa shape index (κ1) is 9.15. The van der Waals surface area contributed by atoms with Crippen LogP contribution >= 0.6 is 8.46 Å². The molecule has 1 aromatic rings. The van der Waals surface area contributed by atoms with Gasteiger partial charge in [-0.2, -0.15) is 0 Å². The summed E-state index contributed by atoms with van der Waals surface area (Å²) in [6.07, 6.45) is 1.85. The van der Waals surface area contributed by atoms with Gasteiger partial charge in [0.25, 0.3) is 0 Å². The molecule has 0 saturated carbocycles. The van der Waals surface area contributed by atoms with Gasteiger partial charge < -0.3 is 0 Å². The Balaban J connectivity index is 2.96. The standard InChI is InChI=1S/C10H11OP/c1-8-3-4-10(5-6-12-11)7-9(8)2/h3-7H,1-2H3. The molecule has 0 aliphatic heterocycles. The highest BCUT2D eigenvalue weighted by molar-refractivity contribution is 7.28. The Labute approximate surface area is 74.3 Å². The van der Waals surface area contributed by atoms with Gasteiger partial charge in [-0.25, -0.2) is 0 Å². The molecule has 0 fully saturated rings. The van der Waals surface area contributed by atoms with Crippen LogP contribution in [0, 0.1) is 13.8 Å². The number of hydrogen-bond acceptors (Lipinski definition) is 1. The summed E-state index contributed by atoms with van der Waals surface area (Å²) in [5.74, 6) is 1.60. The minimum absolute atomic E-state index is 0.0614. The van der Waals surface area contributed by atoms with Gasteiger partial charge in [0.05, 0.1) is 0 Å². The van der Waals surface area contributed by atoms with E-state index in [1.54, 1.807) is 5.82 Å². The van der Waals surface area contributed by atoms with Crippen molar-refractivity contribution >= 4 is 14.5 Å². The Bertz CT molecular complexity index is 316. The Hall–Kier alpha value is -0.940. The summed E-state index contributed by atoms with van der Waals surface area (Å²) in [6.45, 7) is 4.15. The highest BCUT2D eigenvalue weighted by Gasteiger charge is 1.91. The van der Waals surface area contributed by atoms with Gasteiger partial charge in [0.2, 0.25) is 0 Å². The third-order valence-electron chi connectivity index (χ3n) is 1.86. The number of benzene rings is 1. The van der Waals surface area contributed by atoms with Crippen molar-refractivity contribution in [3.63, 3.8) is 0 Å². The van der Waals surface area contributed by atoms with Gasteiger partial charge in [0, 0.05) is 5.82 Å². The normalized spacial score (nSPS) is 11.2. The van der Waals surface area contributed by atoms with E-state index in [0.717, 1.165) is 5.56 Å². The fourth-order valence-electron chi connectivity index (χ4n) is 0.985. The maximum absolute atomic E-state index is 10.1. The lowest BCUT2D eigenvalue weighted by Gasteiger charge is -1.99. The molecule has 1 nitrogen and oxygen atoms in total. The van der Waals surface area contributed by atoms with Crippen molar-refractivity contribution in [2.45, 2.75) is 13.8 Å². The van der Waals surface area contributed by atoms with E-state index < -0.39 is 0 Å². The monoisotopic (exact) mass is 178 g/mol. The van der Waals surface area contributed by atoms with Crippen molar-refractivity contribution in [2.75, 3.05) is 0 Å². The molecule has 0 unspecified atom stereocenters. The van der Waals surface area contributed by atoms with E-state index in [0.29, 0.717) is 0 Å². The molecule has 0 atom stereocenters. The molecule has 0 heterocycles. The Morgan fingerprint density at radius 3 is 2.58 bits per heavy atom. The van der Waals surface area contributed by atoms with Crippen molar-refractivity contribution in [3.8, 4) is 0 Å². The fourth-order valence-corrected chi connectivity index (χ4v) is 1.22. The van der Waals surface area contributed by atoms with Crippen molar-refractivity contribution in [1.29, 1.82) is 0 Å². The van der Waals surface area contributed by atoms with Gasteiger partial charge in [0.15, 0.2) is 8.46 Å². The van der Waals surface area contributed by atoms with Crippen LogP contribution in [0.5, 0.6) is 0 Å². The van der Waals surface area contributed by atoms with Crippen LogP contribution in [-0.2, 0) is 4.57 Å². The van der Waals surface area contributed by atoms with Crippen molar-refractivity contribution in [1.82, 2.24) is 0 Å². The van der Waals surface area contributed by atoms with Gasteiger partial charge in [0.1, 0.15) is 0 Å². The highest BCUT2D eigenvalue weighted by Crippen LogP contribution is 2.12. The van der Waals surface area contributed by atoms with Crippen LogP contribution in [0.1, 0.15) is 16.7 Å². The lowest BCUT2D eigenvalue weighted by molar-refractivity contribution is 0.603. The SMILES string of the molecule is Cc1ccc(C=CP=O)cc1C. The summed E-state index contributed by atoms with van der Waals surface area (Å²) in [5, 5.41) is 0. The zero-order chi connectivity index (χ0) is 8.97. The van der Waals surface area contributed by atoms with Gasteiger partial charge in [-0.15, -0.1) is 0 Å². The van der Waals surface area contributed by atoms with Gasteiger partial charge >= 0.3 is 0 Å². The molecule has 0 amide bonds. The minimum Gasteiger partial charge on any atom is -0.270 e. The van der Waals surface area contributed by atoms with Gasteiger partial charge in [-0.05, 0) is 36.6 Å². The largest absolute Gasteiger partial charge is 0.270 e. The van der Waals surface area contributed by atoms with E-state index >= 15 is 0 Å². The predicted octanol–water partition coefficient (Wildman–Crippen LogP) is 3.57. The van der Waals surface area contributed by atoms with Crippen LogP contribution in [0.15, 0.2) is 24.0 Å². The van der Waals surface area contributed by atoms with E-state index in [-0.39, 0.29) is 8.46 Å². The molecule has 0 saturated heterocycles. The van der Waals surface area contributed by atoms with E-state index in [9.17, 15) is 4.57 Å². The molecule has 1 rings (SSSR count). The average Bonchev–Trinajstić information content (AvgIpc) is 2.07. The number of hydrogen-bond donors (Lipinski definition) is 0. The fraction of sp³-hybridized carbons (Fsp3) is 0.200. The smallest absolute Gasteiger partial charge is 0.184 e. The number of aryl methyl sites for hydroxylation is 2. The molecule has 0 aliphatic rings. The lowest BCUT2D eigenvalue weighted by Crippen LogP contribution is -1.80. The molecule has 62 valence electrons. The van der Waals surface area contributed by atoms with E-state index in [1.165, 1.54) is 11.1 Å². The maximum Gasteiger partial charge on any atom is 0.184 e. The Kier molecular flexibility index (Phi) is 3.19. The maximum atomic E-state index is 10.1. The molecule has 0 aliphatic carbocycles. The molecule has 0 spiro atoms. The van der Waals surface area contributed by atoms with Crippen LogP contribution in [-0.4, -0.2) is 0 Å². The van der Waals surface area contributed by atoms with Crippen LogP contribution < -0.4 is 0 Å². The summed E-state index contributed by atoms with van der Waals surface area (Å²) in [4.78, 5) is 0. The molecule has 1 aromatic carbocycles. The van der Waals surface area contributed by atoms with Crippen molar-refractivity contribution in [3.05, 3.63) is 40.7 Å². The van der Waals surface area contributed by atoms with Crippen LogP contribution in [0.3, 0.4) is 0 Å². The first-order valence-corrected chi connectivity index (χ1v) is 4.68. The van der Waals surface area contributed by atoms with E-state index in [1.807, 2.05) is 12.1 Å².